The predicted molar refractivity (Wildman–Crippen MR) is 108 cm³/mol. The molecule has 144 valence electrons. The van der Waals surface area contributed by atoms with Crippen molar-refractivity contribution in [2.45, 2.75) is 91.5 Å². The monoisotopic (exact) mass is 345 g/mol. The minimum Gasteiger partial charge on any atom is -0.306 e. The van der Waals surface area contributed by atoms with Crippen molar-refractivity contribution in [1.82, 2.24) is 4.90 Å². The molecule has 25 heavy (non-hydrogen) atoms. The number of hydrogen-bond acceptors (Lipinski definition) is 1. The summed E-state index contributed by atoms with van der Waals surface area (Å²) in [6, 6.07) is 0.847. The van der Waals surface area contributed by atoms with Crippen LogP contribution >= 0.6 is 0 Å². The fourth-order valence-corrected chi connectivity index (χ4v) is 8.84. The molecule has 4 rings (SSSR count). The van der Waals surface area contributed by atoms with E-state index in [1.165, 1.54) is 38.5 Å². The van der Waals surface area contributed by atoms with Gasteiger partial charge >= 0.3 is 0 Å². The first-order valence-corrected chi connectivity index (χ1v) is 11.4. The highest BCUT2D eigenvalue weighted by Gasteiger charge is 2.60. The molecule has 4 aliphatic rings. The summed E-state index contributed by atoms with van der Waals surface area (Å²) in [6.45, 7) is 10.4. The standard InChI is InChI=1S/C24H43N/c1-16(2)20-9-10-21-19-8-7-17-15-18(25(5)6)11-13-23(17,3)22(19)12-14-24(20,21)4/h16-22H,7-15H2,1-6H3/t17-,18-,19?,20-,21?,22?,23-,24+/m0/s1. The third-order valence-corrected chi connectivity index (χ3v) is 10.2. The summed E-state index contributed by atoms with van der Waals surface area (Å²) in [6.07, 6.45) is 13.6. The first-order valence-electron chi connectivity index (χ1n) is 11.4. The molecule has 4 fully saturated rings. The minimum atomic E-state index is 0.659. The molecule has 0 bridgehead atoms. The average Bonchev–Trinajstić information content (AvgIpc) is 2.91. The molecule has 0 aromatic heterocycles. The van der Waals surface area contributed by atoms with E-state index in [4.69, 9.17) is 0 Å². The molecule has 4 saturated carbocycles. The van der Waals surface area contributed by atoms with Gasteiger partial charge in [-0.2, -0.15) is 0 Å². The van der Waals surface area contributed by atoms with Crippen LogP contribution in [0.5, 0.6) is 0 Å². The largest absolute Gasteiger partial charge is 0.306 e. The maximum atomic E-state index is 2.72. The van der Waals surface area contributed by atoms with Gasteiger partial charge in [-0.15, -0.1) is 0 Å². The number of rotatable bonds is 2. The lowest BCUT2D eigenvalue weighted by atomic mass is 9.44. The topological polar surface area (TPSA) is 3.24 Å². The fraction of sp³-hybridized carbons (Fsp3) is 1.00. The van der Waals surface area contributed by atoms with Crippen LogP contribution in [0.3, 0.4) is 0 Å². The van der Waals surface area contributed by atoms with E-state index in [1.54, 1.807) is 19.3 Å². The third-order valence-electron chi connectivity index (χ3n) is 10.2. The van der Waals surface area contributed by atoms with Gasteiger partial charge in [0.2, 0.25) is 0 Å². The summed E-state index contributed by atoms with van der Waals surface area (Å²) in [5.41, 5.74) is 1.33. The van der Waals surface area contributed by atoms with E-state index in [9.17, 15) is 0 Å². The van der Waals surface area contributed by atoms with Gasteiger partial charge in [0, 0.05) is 6.04 Å². The maximum Gasteiger partial charge on any atom is 0.00922 e. The van der Waals surface area contributed by atoms with Crippen molar-refractivity contribution in [1.29, 1.82) is 0 Å². The first-order chi connectivity index (χ1) is 11.8. The van der Waals surface area contributed by atoms with Crippen molar-refractivity contribution in [2.75, 3.05) is 14.1 Å². The highest BCUT2D eigenvalue weighted by molar-refractivity contribution is 5.09. The molecule has 0 spiro atoms. The summed E-state index contributed by atoms with van der Waals surface area (Å²) >= 11 is 0. The van der Waals surface area contributed by atoms with Crippen molar-refractivity contribution in [3.8, 4) is 0 Å². The van der Waals surface area contributed by atoms with Gasteiger partial charge in [-0.25, -0.2) is 0 Å². The Bertz CT molecular complexity index is 496. The van der Waals surface area contributed by atoms with E-state index in [0.717, 1.165) is 41.5 Å². The van der Waals surface area contributed by atoms with Crippen LogP contribution in [0.25, 0.3) is 0 Å². The van der Waals surface area contributed by atoms with Gasteiger partial charge in [0.05, 0.1) is 0 Å². The van der Waals surface area contributed by atoms with Crippen molar-refractivity contribution >= 4 is 0 Å². The Morgan fingerprint density at radius 2 is 1.48 bits per heavy atom. The van der Waals surface area contributed by atoms with Crippen molar-refractivity contribution in [3.05, 3.63) is 0 Å². The fourth-order valence-electron chi connectivity index (χ4n) is 8.84. The molecule has 8 atom stereocenters. The van der Waals surface area contributed by atoms with Gasteiger partial charge < -0.3 is 4.90 Å². The predicted octanol–water partition coefficient (Wildman–Crippen LogP) is 6.23. The van der Waals surface area contributed by atoms with Gasteiger partial charge in [0.25, 0.3) is 0 Å². The zero-order valence-electron chi connectivity index (χ0n) is 17.9. The van der Waals surface area contributed by atoms with Crippen molar-refractivity contribution in [3.63, 3.8) is 0 Å². The molecule has 1 heteroatoms. The second-order valence-electron chi connectivity index (χ2n) is 11.5. The lowest BCUT2D eigenvalue weighted by Crippen LogP contribution is -2.55. The van der Waals surface area contributed by atoms with Crippen LogP contribution in [0.2, 0.25) is 0 Å². The third kappa shape index (κ3) is 2.66. The summed E-state index contributed by atoms with van der Waals surface area (Å²) in [5, 5.41) is 0. The highest BCUT2D eigenvalue weighted by atomic mass is 15.1. The molecule has 0 radical (unpaired) electrons. The Hall–Kier alpha value is -0.0400. The zero-order chi connectivity index (χ0) is 18.0. The Morgan fingerprint density at radius 1 is 0.800 bits per heavy atom. The van der Waals surface area contributed by atoms with E-state index < -0.39 is 0 Å². The van der Waals surface area contributed by atoms with Crippen LogP contribution in [0.1, 0.15) is 85.5 Å². The molecule has 1 nitrogen and oxygen atoms in total. The van der Waals surface area contributed by atoms with Crippen LogP contribution < -0.4 is 0 Å². The Kier molecular flexibility index (Phi) is 4.58. The molecule has 0 aliphatic heterocycles. The van der Waals surface area contributed by atoms with Crippen LogP contribution in [0, 0.1) is 46.3 Å². The van der Waals surface area contributed by atoms with Gasteiger partial charge in [0.1, 0.15) is 0 Å². The van der Waals surface area contributed by atoms with E-state index in [-0.39, 0.29) is 0 Å². The van der Waals surface area contributed by atoms with Crippen molar-refractivity contribution in [2.24, 2.45) is 46.3 Å². The molecule has 3 unspecified atom stereocenters. The normalized spacial score (nSPS) is 52.8. The van der Waals surface area contributed by atoms with E-state index in [2.05, 4.69) is 46.7 Å². The van der Waals surface area contributed by atoms with Gasteiger partial charge in [-0.05, 0) is 118 Å². The SMILES string of the molecule is CC(C)[C@@H]1CCC2C3CC[C@H]4C[C@@H](N(C)C)CC[C@]4(C)C3CC[C@@]21C. The molecular weight excluding hydrogens is 302 g/mol. The number of hydrogen-bond donors (Lipinski definition) is 0. The number of fused-ring (bicyclic) bond motifs is 5. The zero-order valence-corrected chi connectivity index (χ0v) is 17.9. The molecular formula is C24H43N. The highest BCUT2D eigenvalue weighted by Crippen LogP contribution is 2.68. The first kappa shape index (κ1) is 18.3. The Labute approximate surface area is 157 Å². The molecule has 0 aromatic rings. The lowest BCUT2D eigenvalue weighted by molar-refractivity contribution is -0.121. The molecule has 4 aliphatic carbocycles. The van der Waals surface area contributed by atoms with Crippen LogP contribution in [-0.4, -0.2) is 25.0 Å². The maximum absolute atomic E-state index is 2.72. The van der Waals surface area contributed by atoms with Crippen LogP contribution in [0.4, 0.5) is 0 Å². The lowest BCUT2D eigenvalue weighted by Gasteiger charge is -2.61. The smallest absolute Gasteiger partial charge is 0.00922 e. The van der Waals surface area contributed by atoms with Crippen LogP contribution in [0.15, 0.2) is 0 Å². The molecule has 0 amide bonds. The Balaban J connectivity index is 1.56. The van der Waals surface area contributed by atoms with Crippen LogP contribution in [-0.2, 0) is 0 Å². The summed E-state index contributed by atoms with van der Waals surface area (Å²) < 4.78 is 0. The second-order valence-corrected chi connectivity index (χ2v) is 11.5. The second kappa shape index (κ2) is 6.25. The molecule has 0 N–H and O–H groups in total. The van der Waals surface area contributed by atoms with E-state index >= 15 is 0 Å². The number of nitrogens with zero attached hydrogens (tertiary/aromatic N) is 1. The summed E-state index contributed by atoms with van der Waals surface area (Å²) in [4.78, 5) is 2.51. The van der Waals surface area contributed by atoms with Gasteiger partial charge in [0.15, 0.2) is 0 Å². The quantitative estimate of drug-likeness (QED) is 0.573. The summed E-state index contributed by atoms with van der Waals surface area (Å²) in [7, 11) is 4.60. The van der Waals surface area contributed by atoms with E-state index in [0.29, 0.717) is 10.8 Å². The van der Waals surface area contributed by atoms with Crippen molar-refractivity contribution < 1.29 is 0 Å². The average molecular weight is 346 g/mol. The Morgan fingerprint density at radius 3 is 2.16 bits per heavy atom. The van der Waals surface area contributed by atoms with E-state index in [1.807, 2.05) is 0 Å². The molecule has 0 aromatic carbocycles. The molecule has 0 heterocycles. The summed E-state index contributed by atoms with van der Waals surface area (Å²) in [5.74, 6) is 6.02. The van der Waals surface area contributed by atoms with Gasteiger partial charge in [-0.3, -0.25) is 0 Å². The van der Waals surface area contributed by atoms with Gasteiger partial charge in [-0.1, -0.05) is 27.7 Å². The molecule has 0 saturated heterocycles. The minimum absolute atomic E-state index is 0.659.